The van der Waals surface area contributed by atoms with Gasteiger partial charge in [0.2, 0.25) is 0 Å². The number of aromatic amines is 1. The summed E-state index contributed by atoms with van der Waals surface area (Å²) in [6.07, 6.45) is 0. The third kappa shape index (κ3) is 4.15. The number of halogens is 2. The van der Waals surface area contributed by atoms with Gasteiger partial charge in [0.25, 0.3) is 11.5 Å². The minimum absolute atomic E-state index is 0.0106. The van der Waals surface area contributed by atoms with Crippen molar-refractivity contribution in [1.29, 1.82) is 0 Å². The topological polar surface area (TPSA) is 71.2 Å². The maximum atomic E-state index is 12.4. The van der Waals surface area contributed by atoms with Crippen LogP contribution in [0.5, 0.6) is 5.75 Å². The Hall–Kier alpha value is -2.70. The van der Waals surface area contributed by atoms with Crippen LogP contribution in [-0.2, 0) is 6.54 Å². The lowest BCUT2D eigenvalue weighted by Gasteiger charge is -2.11. The third-order valence-corrected chi connectivity index (χ3v) is 3.27. The predicted molar refractivity (Wildman–Crippen MR) is 80.8 cm³/mol. The number of para-hydroxylation sites is 1. The van der Waals surface area contributed by atoms with Gasteiger partial charge in [-0.05, 0) is 37.6 Å². The summed E-state index contributed by atoms with van der Waals surface area (Å²) in [7, 11) is 0. The molecule has 0 aliphatic carbocycles. The summed E-state index contributed by atoms with van der Waals surface area (Å²) in [4.78, 5) is 26.7. The maximum absolute atomic E-state index is 12.4. The first-order valence-corrected chi connectivity index (χ1v) is 6.90. The van der Waals surface area contributed by atoms with E-state index in [1.54, 1.807) is 19.9 Å². The van der Waals surface area contributed by atoms with Crippen molar-refractivity contribution in [2.24, 2.45) is 0 Å². The van der Waals surface area contributed by atoms with E-state index in [2.05, 4.69) is 15.0 Å². The minimum atomic E-state index is -3.02. The first kappa shape index (κ1) is 16.7. The molecule has 5 nitrogen and oxygen atoms in total. The molecule has 1 aromatic carbocycles. The van der Waals surface area contributed by atoms with Crippen molar-refractivity contribution < 1.29 is 18.3 Å². The van der Waals surface area contributed by atoms with Crippen molar-refractivity contribution in [2.75, 3.05) is 0 Å². The molecule has 0 atom stereocenters. The van der Waals surface area contributed by atoms with E-state index in [4.69, 9.17) is 0 Å². The van der Waals surface area contributed by atoms with E-state index in [0.29, 0.717) is 5.56 Å². The van der Waals surface area contributed by atoms with Gasteiger partial charge in [-0.3, -0.25) is 9.59 Å². The zero-order valence-electron chi connectivity index (χ0n) is 12.7. The predicted octanol–water partition coefficient (Wildman–Crippen LogP) is 2.52. The van der Waals surface area contributed by atoms with Crippen LogP contribution in [0, 0.1) is 13.8 Å². The van der Waals surface area contributed by atoms with Crippen molar-refractivity contribution in [3.05, 3.63) is 63.1 Å². The van der Waals surface area contributed by atoms with Gasteiger partial charge >= 0.3 is 6.61 Å². The fourth-order valence-corrected chi connectivity index (χ4v) is 2.22. The number of amides is 1. The zero-order chi connectivity index (χ0) is 17.0. The van der Waals surface area contributed by atoms with E-state index in [9.17, 15) is 18.4 Å². The minimum Gasteiger partial charge on any atom is -0.434 e. The van der Waals surface area contributed by atoms with E-state index in [0.717, 1.165) is 11.3 Å². The van der Waals surface area contributed by atoms with Gasteiger partial charge in [0, 0.05) is 17.8 Å². The third-order valence-electron chi connectivity index (χ3n) is 3.27. The fourth-order valence-electron chi connectivity index (χ4n) is 2.22. The number of nitrogens with one attached hydrogen (secondary N) is 2. The van der Waals surface area contributed by atoms with E-state index in [-0.39, 0.29) is 23.4 Å². The van der Waals surface area contributed by atoms with Gasteiger partial charge in [0.1, 0.15) is 5.75 Å². The summed E-state index contributed by atoms with van der Waals surface area (Å²) in [5.41, 5.74) is 1.56. The van der Waals surface area contributed by atoms with Gasteiger partial charge in [-0.1, -0.05) is 12.1 Å². The SMILES string of the molecule is Cc1cc(C)c(CNC(=O)c2ccccc2OC(F)F)c(=O)[nH]1. The van der Waals surface area contributed by atoms with E-state index < -0.39 is 12.5 Å². The van der Waals surface area contributed by atoms with Crippen LogP contribution < -0.4 is 15.6 Å². The molecule has 1 aromatic heterocycles. The summed E-state index contributed by atoms with van der Waals surface area (Å²) in [6, 6.07) is 7.47. The van der Waals surface area contributed by atoms with Crippen molar-refractivity contribution in [1.82, 2.24) is 10.3 Å². The smallest absolute Gasteiger partial charge is 0.387 e. The van der Waals surface area contributed by atoms with Gasteiger partial charge in [-0.15, -0.1) is 0 Å². The van der Waals surface area contributed by atoms with E-state index >= 15 is 0 Å². The Morgan fingerprint density at radius 2 is 2.00 bits per heavy atom. The van der Waals surface area contributed by atoms with Crippen LogP contribution in [0.15, 0.2) is 35.1 Å². The molecule has 2 N–H and O–H groups in total. The molecule has 0 bridgehead atoms. The highest BCUT2D eigenvalue weighted by Crippen LogP contribution is 2.20. The number of ether oxygens (including phenoxy) is 1. The first-order chi connectivity index (χ1) is 10.9. The number of hydrogen-bond donors (Lipinski definition) is 2. The molecule has 0 radical (unpaired) electrons. The average molecular weight is 322 g/mol. The molecule has 0 unspecified atom stereocenters. The molecule has 2 aromatic rings. The van der Waals surface area contributed by atoms with Crippen LogP contribution in [0.2, 0.25) is 0 Å². The van der Waals surface area contributed by atoms with Crippen LogP contribution in [0.4, 0.5) is 8.78 Å². The van der Waals surface area contributed by atoms with Gasteiger partial charge in [0.15, 0.2) is 0 Å². The molecular formula is C16H16F2N2O3. The molecule has 1 amide bonds. The molecule has 0 fully saturated rings. The highest BCUT2D eigenvalue weighted by Gasteiger charge is 2.16. The molecule has 2 rings (SSSR count). The molecule has 0 saturated carbocycles. The number of pyridine rings is 1. The monoisotopic (exact) mass is 322 g/mol. The lowest BCUT2D eigenvalue weighted by Crippen LogP contribution is -2.28. The molecule has 7 heteroatoms. The largest absolute Gasteiger partial charge is 0.434 e. The Balaban J connectivity index is 2.17. The summed E-state index contributed by atoms with van der Waals surface area (Å²) >= 11 is 0. The van der Waals surface area contributed by atoms with Crippen molar-refractivity contribution in [2.45, 2.75) is 27.0 Å². The number of H-pyrrole nitrogens is 1. The Morgan fingerprint density at radius 3 is 2.65 bits per heavy atom. The fraction of sp³-hybridized carbons (Fsp3) is 0.250. The average Bonchev–Trinajstić information content (AvgIpc) is 2.45. The maximum Gasteiger partial charge on any atom is 0.387 e. The second kappa shape index (κ2) is 7.04. The molecule has 0 aliphatic heterocycles. The van der Waals surface area contributed by atoms with Crippen LogP contribution >= 0.6 is 0 Å². The normalized spacial score (nSPS) is 10.7. The van der Waals surface area contributed by atoms with Crippen molar-refractivity contribution in [3.63, 3.8) is 0 Å². The summed E-state index contributed by atoms with van der Waals surface area (Å²) < 4.78 is 29.0. The molecule has 122 valence electrons. The van der Waals surface area contributed by atoms with E-state index in [1.165, 1.54) is 24.3 Å². The highest BCUT2D eigenvalue weighted by atomic mass is 19.3. The summed E-state index contributed by atoms with van der Waals surface area (Å²) in [6.45, 7) is 0.487. The number of benzene rings is 1. The summed E-state index contributed by atoms with van der Waals surface area (Å²) in [5.74, 6) is -0.810. The van der Waals surface area contributed by atoms with Gasteiger partial charge in [0.05, 0.1) is 5.56 Å². The number of carbonyl (C=O) groups excluding carboxylic acids is 1. The van der Waals surface area contributed by atoms with Gasteiger partial charge in [-0.2, -0.15) is 8.78 Å². The molecule has 0 aliphatic rings. The Labute approximate surface area is 131 Å². The van der Waals surface area contributed by atoms with Gasteiger partial charge in [-0.25, -0.2) is 0 Å². The summed E-state index contributed by atoms with van der Waals surface area (Å²) in [5, 5.41) is 2.55. The van der Waals surface area contributed by atoms with Crippen LogP contribution in [-0.4, -0.2) is 17.5 Å². The van der Waals surface area contributed by atoms with Crippen LogP contribution in [0.25, 0.3) is 0 Å². The molecule has 0 saturated heterocycles. The number of aromatic nitrogens is 1. The number of rotatable bonds is 5. The molecular weight excluding hydrogens is 306 g/mol. The Morgan fingerprint density at radius 1 is 1.30 bits per heavy atom. The molecule has 0 spiro atoms. The first-order valence-electron chi connectivity index (χ1n) is 6.90. The number of hydrogen-bond acceptors (Lipinski definition) is 3. The number of aryl methyl sites for hydroxylation is 2. The van der Waals surface area contributed by atoms with Crippen LogP contribution in [0.1, 0.15) is 27.2 Å². The Kier molecular flexibility index (Phi) is 5.10. The Bertz CT molecular complexity index is 772. The second-order valence-corrected chi connectivity index (χ2v) is 5.00. The number of alkyl halides is 2. The lowest BCUT2D eigenvalue weighted by molar-refractivity contribution is -0.0501. The standard InChI is InChI=1S/C16H16F2N2O3/c1-9-7-10(2)20-15(22)12(9)8-19-14(21)11-5-3-4-6-13(11)23-16(17)18/h3-7,16H,8H2,1-2H3,(H,19,21)(H,20,22). The second-order valence-electron chi connectivity index (χ2n) is 5.00. The number of carbonyl (C=O) groups is 1. The van der Waals surface area contributed by atoms with Crippen LogP contribution in [0.3, 0.4) is 0 Å². The molecule has 23 heavy (non-hydrogen) atoms. The quantitative estimate of drug-likeness (QED) is 0.888. The van der Waals surface area contributed by atoms with E-state index in [1.807, 2.05) is 0 Å². The molecule has 1 heterocycles. The van der Waals surface area contributed by atoms with Gasteiger partial charge < -0.3 is 15.0 Å². The lowest BCUT2D eigenvalue weighted by atomic mass is 10.1. The van der Waals surface area contributed by atoms with Crippen molar-refractivity contribution >= 4 is 5.91 Å². The zero-order valence-corrected chi connectivity index (χ0v) is 12.7. The van der Waals surface area contributed by atoms with Crippen molar-refractivity contribution in [3.8, 4) is 5.75 Å². The highest BCUT2D eigenvalue weighted by molar-refractivity contribution is 5.96.